The van der Waals surface area contributed by atoms with Gasteiger partial charge in [0.25, 0.3) is 0 Å². The largest absolute Gasteiger partial charge is 0.379 e. The van der Waals surface area contributed by atoms with Crippen LogP contribution in [0.2, 0.25) is 0 Å². The zero-order valence-electron chi connectivity index (χ0n) is 15.2. The first kappa shape index (κ1) is 17.8. The molecule has 2 atom stereocenters. The number of aryl methyl sites for hydroxylation is 2. The number of aliphatic hydroxyl groups excluding tert-OH is 1. The third kappa shape index (κ3) is 4.17. The molecule has 0 saturated carbocycles. The molecule has 1 aliphatic rings. The van der Waals surface area contributed by atoms with Gasteiger partial charge in [0.2, 0.25) is 0 Å². The van der Waals surface area contributed by atoms with E-state index >= 15 is 0 Å². The molecule has 1 heterocycles. The molecule has 132 valence electrons. The SMILES string of the molecule is Cc1ccc(C(=O)[C@@H](O)[C@H](c2ccc(C)cc2)[NH+]2CCCCC2)cc1. The number of Topliss-reactive ketones (excluding diaryl/α,β-unsaturated/α-hetero) is 1. The Kier molecular flexibility index (Phi) is 5.67. The number of likely N-dealkylation sites (tertiary alicyclic amines) is 1. The molecule has 1 fully saturated rings. The summed E-state index contributed by atoms with van der Waals surface area (Å²) < 4.78 is 0. The van der Waals surface area contributed by atoms with Crippen LogP contribution in [0.25, 0.3) is 0 Å². The van der Waals surface area contributed by atoms with E-state index in [-0.39, 0.29) is 11.8 Å². The molecule has 0 bridgehead atoms. The van der Waals surface area contributed by atoms with Gasteiger partial charge >= 0.3 is 0 Å². The van der Waals surface area contributed by atoms with Crippen molar-refractivity contribution in [1.29, 1.82) is 0 Å². The summed E-state index contributed by atoms with van der Waals surface area (Å²) in [6, 6.07) is 15.5. The van der Waals surface area contributed by atoms with Crippen LogP contribution in [0.3, 0.4) is 0 Å². The van der Waals surface area contributed by atoms with Crippen molar-refractivity contribution in [2.75, 3.05) is 13.1 Å². The van der Waals surface area contributed by atoms with E-state index in [1.54, 1.807) is 0 Å². The first-order chi connectivity index (χ1) is 12.1. The predicted molar refractivity (Wildman–Crippen MR) is 100.0 cm³/mol. The number of aliphatic hydroxyl groups is 1. The average molecular weight is 338 g/mol. The van der Waals surface area contributed by atoms with E-state index in [1.165, 1.54) is 16.9 Å². The van der Waals surface area contributed by atoms with Gasteiger partial charge in [0.15, 0.2) is 11.9 Å². The van der Waals surface area contributed by atoms with Crippen LogP contribution in [0, 0.1) is 13.8 Å². The summed E-state index contributed by atoms with van der Waals surface area (Å²) in [7, 11) is 0. The van der Waals surface area contributed by atoms with Crippen molar-refractivity contribution in [2.45, 2.75) is 45.3 Å². The predicted octanol–water partition coefficient (Wildman–Crippen LogP) is 2.66. The maximum Gasteiger partial charge on any atom is 0.197 e. The minimum atomic E-state index is -1.02. The molecular formula is C22H28NO2+. The highest BCUT2D eigenvalue weighted by atomic mass is 16.3. The molecule has 0 spiro atoms. The number of carbonyl (C=O) groups is 1. The van der Waals surface area contributed by atoms with E-state index in [0.29, 0.717) is 5.56 Å². The molecule has 2 N–H and O–H groups in total. The fourth-order valence-corrected chi connectivity index (χ4v) is 3.77. The highest BCUT2D eigenvalue weighted by Crippen LogP contribution is 2.20. The van der Waals surface area contributed by atoms with Crippen molar-refractivity contribution >= 4 is 5.78 Å². The second-order valence-corrected chi connectivity index (χ2v) is 7.28. The summed E-state index contributed by atoms with van der Waals surface area (Å²) in [5.74, 6) is -0.177. The topological polar surface area (TPSA) is 41.7 Å². The number of carbonyl (C=O) groups excluding carboxylic acids is 1. The van der Waals surface area contributed by atoms with Gasteiger partial charge < -0.3 is 10.0 Å². The summed E-state index contributed by atoms with van der Waals surface area (Å²) in [5.41, 5.74) is 3.94. The molecule has 1 aliphatic heterocycles. The molecule has 1 saturated heterocycles. The smallest absolute Gasteiger partial charge is 0.197 e. The van der Waals surface area contributed by atoms with Crippen molar-refractivity contribution in [1.82, 2.24) is 0 Å². The summed E-state index contributed by atoms with van der Waals surface area (Å²) in [4.78, 5) is 14.2. The number of hydrogen-bond donors (Lipinski definition) is 2. The van der Waals surface area contributed by atoms with E-state index < -0.39 is 6.10 Å². The van der Waals surface area contributed by atoms with Crippen LogP contribution in [-0.2, 0) is 0 Å². The van der Waals surface area contributed by atoms with Crippen molar-refractivity contribution in [2.24, 2.45) is 0 Å². The minimum absolute atomic E-state index is 0.177. The van der Waals surface area contributed by atoms with E-state index in [4.69, 9.17) is 0 Å². The van der Waals surface area contributed by atoms with Crippen molar-refractivity contribution in [3.63, 3.8) is 0 Å². The maximum absolute atomic E-state index is 12.9. The Labute approximate surface area is 150 Å². The fraction of sp³-hybridized carbons (Fsp3) is 0.409. The van der Waals surface area contributed by atoms with Gasteiger partial charge in [-0.3, -0.25) is 4.79 Å². The molecule has 0 unspecified atom stereocenters. The van der Waals surface area contributed by atoms with Gasteiger partial charge in [-0.1, -0.05) is 59.7 Å². The molecule has 2 aromatic carbocycles. The first-order valence-corrected chi connectivity index (χ1v) is 9.26. The standard InChI is InChI=1S/C22H27NO2/c1-16-6-10-18(11-7-16)20(23-14-4-3-5-15-23)22(25)21(24)19-12-8-17(2)9-13-19/h6-13,20,22,25H,3-5,14-15H2,1-2H3/p+1/t20-,22-/m0/s1. The van der Waals surface area contributed by atoms with Crippen LogP contribution >= 0.6 is 0 Å². The van der Waals surface area contributed by atoms with E-state index in [2.05, 4.69) is 31.2 Å². The number of rotatable bonds is 5. The molecule has 3 nitrogen and oxygen atoms in total. The third-order valence-corrected chi connectivity index (χ3v) is 5.29. The second kappa shape index (κ2) is 7.94. The molecular weight excluding hydrogens is 310 g/mol. The van der Waals surface area contributed by atoms with Gasteiger partial charge in [0, 0.05) is 11.1 Å². The van der Waals surface area contributed by atoms with Gasteiger partial charge in [0.05, 0.1) is 13.1 Å². The third-order valence-electron chi connectivity index (χ3n) is 5.29. The van der Waals surface area contributed by atoms with Crippen molar-refractivity contribution < 1.29 is 14.8 Å². The van der Waals surface area contributed by atoms with Gasteiger partial charge in [-0.25, -0.2) is 0 Å². The van der Waals surface area contributed by atoms with Gasteiger partial charge in [-0.15, -0.1) is 0 Å². The highest BCUT2D eigenvalue weighted by Gasteiger charge is 2.37. The second-order valence-electron chi connectivity index (χ2n) is 7.28. The Bertz CT molecular complexity index is 700. The zero-order valence-corrected chi connectivity index (χ0v) is 15.2. The van der Waals surface area contributed by atoms with Crippen molar-refractivity contribution in [3.8, 4) is 0 Å². The summed E-state index contributed by atoms with van der Waals surface area (Å²) in [6.07, 6.45) is 2.54. The van der Waals surface area contributed by atoms with E-state index in [1.807, 2.05) is 31.2 Å². The van der Waals surface area contributed by atoms with Crippen LogP contribution in [-0.4, -0.2) is 30.1 Å². The molecule has 0 radical (unpaired) electrons. The Balaban J connectivity index is 1.90. The summed E-state index contributed by atoms with van der Waals surface area (Å²) in [6.45, 7) is 6.08. The number of benzene rings is 2. The Morgan fingerprint density at radius 1 is 0.880 bits per heavy atom. The van der Waals surface area contributed by atoms with Crippen LogP contribution in [0.5, 0.6) is 0 Å². The Hall–Kier alpha value is -1.97. The van der Waals surface area contributed by atoms with E-state index in [9.17, 15) is 9.90 Å². The van der Waals surface area contributed by atoms with Gasteiger partial charge in [-0.05, 0) is 33.1 Å². The first-order valence-electron chi connectivity index (χ1n) is 9.26. The average Bonchev–Trinajstić information content (AvgIpc) is 2.64. The Morgan fingerprint density at radius 2 is 1.40 bits per heavy atom. The van der Waals surface area contributed by atoms with Crippen molar-refractivity contribution in [3.05, 3.63) is 70.8 Å². The van der Waals surface area contributed by atoms with Crippen LogP contribution in [0.1, 0.15) is 52.4 Å². The molecule has 0 aromatic heterocycles. The maximum atomic E-state index is 12.9. The fourth-order valence-electron chi connectivity index (χ4n) is 3.77. The minimum Gasteiger partial charge on any atom is -0.379 e. The lowest BCUT2D eigenvalue weighted by Crippen LogP contribution is -3.14. The quantitative estimate of drug-likeness (QED) is 0.823. The van der Waals surface area contributed by atoms with Crippen LogP contribution in [0.4, 0.5) is 0 Å². The lowest BCUT2D eigenvalue weighted by Gasteiger charge is -2.34. The lowest BCUT2D eigenvalue weighted by molar-refractivity contribution is -0.938. The zero-order chi connectivity index (χ0) is 17.8. The number of nitrogens with one attached hydrogen (secondary N) is 1. The van der Waals surface area contributed by atoms with Gasteiger partial charge in [0.1, 0.15) is 6.04 Å². The number of quaternary nitrogens is 1. The highest BCUT2D eigenvalue weighted by molar-refractivity contribution is 5.99. The summed E-state index contributed by atoms with van der Waals surface area (Å²) >= 11 is 0. The summed E-state index contributed by atoms with van der Waals surface area (Å²) in [5, 5.41) is 11.0. The normalized spacial score (nSPS) is 17.9. The molecule has 0 amide bonds. The molecule has 2 aromatic rings. The Morgan fingerprint density at radius 3 is 1.96 bits per heavy atom. The molecule has 25 heavy (non-hydrogen) atoms. The monoisotopic (exact) mass is 338 g/mol. The molecule has 3 heteroatoms. The van der Waals surface area contributed by atoms with Crippen LogP contribution < -0.4 is 4.90 Å². The lowest BCUT2D eigenvalue weighted by atomic mass is 9.91. The molecule has 0 aliphatic carbocycles. The van der Waals surface area contributed by atoms with Crippen LogP contribution in [0.15, 0.2) is 48.5 Å². The molecule has 3 rings (SSSR count). The number of hydrogen-bond acceptors (Lipinski definition) is 2. The van der Waals surface area contributed by atoms with Gasteiger partial charge in [-0.2, -0.15) is 0 Å². The van der Waals surface area contributed by atoms with E-state index in [0.717, 1.165) is 37.1 Å². The number of piperidine rings is 1. The number of ketones is 1.